The average molecular weight is 334 g/mol. The van der Waals surface area contributed by atoms with Crippen LogP contribution in [0.1, 0.15) is 34.1 Å². The standard InChI is InChI=1S/C18H22O6/c1-9(2)6-7-17-12(20)13-18(15(24-18)14(17)23-17)8-11(21-10(3)19)16(4,5)22-13/h11-15,20H,1,8H2,2-5H3/t11-,12-,13+,14-,15+,17+,18-/m1/s1. The van der Waals surface area contributed by atoms with Crippen molar-refractivity contribution in [3.8, 4) is 11.8 Å². The molecule has 1 spiro atoms. The summed E-state index contributed by atoms with van der Waals surface area (Å²) < 4.78 is 23.3. The number of hydrogen-bond acceptors (Lipinski definition) is 6. The Kier molecular flexibility index (Phi) is 3.09. The molecule has 0 bridgehead atoms. The maximum atomic E-state index is 11.4. The SMILES string of the molecule is C=C(C)C#C[C@@]12O[C@@H]1[C@@H]1O[C@@]13C[C@@H](OC(C)=O)C(C)(C)O[C@H]3[C@H]2O. The fraction of sp³-hybridized carbons (Fsp3) is 0.722. The molecule has 4 fully saturated rings. The van der Waals surface area contributed by atoms with Crippen LogP contribution in [0.15, 0.2) is 12.2 Å². The quantitative estimate of drug-likeness (QED) is 0.432. The minimum atomic E-state index is -0.946. The molecule has 3 heterocycles. The van der Waals surface area contributed by atoms with E-state index in [1.165, 1.54) is 6.92 Å². The van der Waals surface area contributed by atoms with Crippen LogP contribution in [-0.4, -0.2) is 58.4 Å². The van der Waals surface area contributed by atoms with E-state index in [1.807, 2.05) is 13.8 Å². The van der Waals surface area contributed by atoms with Gasteiger partial charge < -0.3 is 24.1 Å². The number of fused-ring (bicyclic) bond motifs is 2. The third kappa shape index (κ3) is 2.02. The molecule has 130 valence electrons. The van der Waals surface area contributed by atoms with E-state index in [0.29, 0.717) is 12.0 Å². The molecule has 0 amide bonds. The summed E-state index contributed by atoms with van der Waals surface area (Å²) in [5, 5.41) is 10.9. The zero-order valence-corrected chi connectivity index (χ0v) is 14.3. The highest BCUT2D eigenvalue weighted by Gasteiger charge is 2.86. The largest absolute Gasteiger partial charge is 0.459 e. The molecule has 0 aromatic rings. The average Bonchev–Trinajstić information content (AvgIpc) is 3.33. The fourth-order valence-corrected chi connectivity index (χ4v) is 4.09. The van der Waals surface area contributed by atoms with E-state index < -0.39 is 35.1 Å². The Labute approximate surface area is 141 Å². The number of hydrogen-bond donors (Lipinski definition) is 1. The molecule has 1 aliphatic carbocycles. The van der Waals surface area contributed by atoms with Crippen LogP contribution in [0.4, 0.5) is 0 Å². The van der Waals surface area contributed by atoms with Gasteiger partial charge in [-0.3, -0.25) is 4.79 Å². The fourth-order valence-electron chi connectivity index (χ4n) is 4.09. The summed E-state index contributed by atoms with van der Waals surface area (Å²) in [5.41, 5.74) is -1.63. The number of rotatable bonds is 1. The Morgan fingerprint density at radius 2 is 1.92 bits per heavy atom. The number of esters is 1. The van der Waals surface area contributed by atoms with Gasteiger partial charge in [-0.1, -0.05) is 18.4 Å². The highest BCUT2D eigenvalue weighted by molar-refractivity contribution is 5.66. The Morgan fingerprint density at radius 3 is 2.54 bits per heavy atom. The summed E-state index contributed by atoms with van der Waals surface area (Å²) in [6, 6.07) is 0. The smallest absolute Gasteiger partial charge is 0.303 e. The molecule has 6 nitrogen and oxygen atoms in total. The van der Waals surface area contributed by atoms with Crippen molar-refractivity contribution < 1.29 is 28.8 Å². The van der Waals surface area contributed by atoms with Crippen LogP contribution in [0.2, 0.25) is 0 Å². The lowest BCUT2D eigenvalue weighted by Crippen LogP contribution is -2.65. The second kappa shape index (κ2) is 4.61. The van der Waals surface area contributed by atoms with Crippen LogP contribution >= 0.6 is 0 Å². The van der Waals surface area contributed by atoms with Crippen molar-refractivity contribution in [2.45, 2.75) is 81.4 Å². The van der Waals surface area contributed by atoms with Crippen molar-refractivity contribution in [3.05, 3.63) is 12.2 Å². The number of allylic oxidation sites excluding steroid dienone is 1. The summed E-state index contributed by atoms with van der Waals surface area (Å²) in [7, 11) is 0. The number of carbonyl (C=O) groups is 1. The first-order valence-corrected chi connectivity index (χ1v) is 8.20. The van der Waals surface area contributed by atoms with Gasteiger partial charge in [-0.05, 0) is 26.3 Å². The second-order valence-electron chi connectivity index (χ2n) is 7.74. The van der Waals surface area contributed by atoms with Crippen molar-refractivity contribution in [1.82, 2.24) is 0 Å². The van der Waals surface area contributed by atoms with Crippen LogP contribution in [-0.2, 0) is 23.7 Å². The van der Waals surface area contributed by atoms with Crippen molar-refractivity contribution in [3.63, 3.8) is 0 Å². The number of aliphatic hydroxyl groups is 1. The summed E-state index contributed by atoms with van der Waals surface area (Å²) in [4.78, 5) is 11.4. The van der Waals surface area contributed by atoms with Crippen LogP contribution < -0.4 is 0 Å². The lowest BCUT2D eigenvalue weighted by Gasteiger charge is -2.47. The van der Waals surface area contributed by atoms with E-state index >= 15 is 0 Å². The molecule has 1 N–H and O–H groups in total. The van der Waals surface area contributed by atoms with E-state index in [4.69, 9.17) is 18.9 Å². The first kappa shape index (κ1) is 16.1. The minimum absolute atomic E-state index is 0.195. The summed E-state index contributed by atoms with van der Waals surface area (Å²) in [6.45, 7) is 10.6. The van der Waals surface area contributed by atoms with Crippen molar-refractivity contribution >= 4 is 5.97 Å². The van der Waals surface area contributed by atoms with Crippen LogP contribution in [0.25, 0.3) is 0 Å². The molecule has 4 aliphatic rings. The van der Waals surface area contributed by atoms with E-state index in [-0.39, 0.29) is 18.2 Å². The molecular weight excluding hydrogens is 312 g/mol. The van der Waals surface area contributed by atoms with Crippen LogP contribution in [0.5, 0.6) is 0 Å². The molecule has 24 heavy (non-hydrogen) atoms. The number of carbonyl (C=O) groups excluding carboxylic acids is 1. The van der Waals surface area contributed by atoms with Gasteiger partial charge in [-0.2, -0.15) is 0 Å². The molecule has 4 rings (SSSR count). The van der Waals surface area contributed by atoms with Crippen molar-refractivity contribution in [2.75, 3.05) is 0 Å². The summed E-state index contributed by atoms with van der Waals surface area (Å²) in [5.74, 6) is 5.56. The van der Waals surface area contributed by atoms with Gasteiger partial charge in [0.25, 0.3) is 0 Å². The highest BCUT2D eigenvalue weighted by atomic mass is 16.7. The molecule has 0 aromatic heterocycles. The highest BCUT2D eigenvalue weighted by Crippen LogP contribution is 2.65. The third-order valence-corrected chi connectivity index (χ3v) is 5.43. The van der Waals surface area contributed by atoms with Crippen molar-refractivity contribution in [2.24, 2.45) is 0 Å². The van der Waals surface area contributed by atoms with Crippen molar-refractivity contribution in [1.29, 1.82) is 0 Å². The zero-order chi connectivity index (χ0) is 17.5. The Hall–Kier alpha value is -1.39. The Bertz CT molecular complexity index is 687. The lowest BCUT2D eigenvalue weighted by atomic mass is 9.71. The Morgan fingerprint density at radius 1 is 1.21 bits per heavy atom. The zero-order valence-electron chi connectivity index (χ0n) is 14.3. The monoisotopic (exact) mass is 334 g/mol. The van der Waals surface area contributed by atoms with Gasteiger partial charge in [-0.25, -0.2) is 0 Å². The summed E-state index contributed by atoms with van der Waals surface area (Å²) in [6.07, 6.45) is -1.92. The molecule has 7 atom stereocenters. The minimum Gasteiger partial charge on any atom is -0.459 e. The number of aliphatic hydroxyl groups excluding tert-OH is 1. The molecule has 1 saturated carbocycles. The van der Waals surface area contributed by atoms with E-state index in [1.54, 1.807) is 6.92 Å². The predicted molar refractivity (Wildman–Crippen MR) is 82.9 cm³/mol. The van der Waals surface area contributed by atoms with E-state index in [2.05, 4.69) is 18.4 Å². The van der Waals surface area contributed by atoms with E-state index in [0.717, 1.165) is 0 Å². The maximum Gasteiger partial charge on any atom is 0.303 e. The molecule has 0 unspecified atom stereocenters. The Balaban J connectivity index is 1.64. The molecule has 3 aliphatic heterocycles. The third-order valence-electron chi connectivity index (χ3n) is 5.43. The molecular formula is C18H22O6. The second-order valence-corrected chi connectivity index (χ2v) is 7.74. The number of ether oxygens (including phenoxy) is 4. The molecule has 0 aromatic carbocycles. The summed E-state index contributed by atoms with van der Waals surface area (Å²) >= 11 is 0. The normalized spacial score (nSPS) is 49.5. The van der Waals surface area contributed by atoms with Gasteiger partial charge in [0.2, 0.25) is 0 Å². The van der Waals surface area contributed by atoms with Gasteiger partial charge in [0, 0.05) is 13.3 Å². The first-order valence-electron chi connectivity index (χ1n) is 8.20. The van der Waals surface area contributed by atoms with Crippen LogP contribution in [0.3, 0.4) is 0 Å². The lowest BCUT2D eigenvalue weighted by molar-refractivity contribution is -0.238. The van der Waals surface area contributed by atoms with Gasteiger partial charge in [0.1, 0.15) is 41.7 Å². The number of epoxide rings is 2. The predicted octanol–water partition coefficient (Wildman–Crippen LogP) is 0.715. The molecule has 0 radical (unpaired) electrons. The maximum absolute atomic E-state index is 11.4. The van der Waals surface area contributed by atoms with Gasteiger partial charge in [0.15, 0.2) is 5.60 Å². The molecule has 3 saturated heterocycles. The van der Waals surface area contributed by atoms with E-state index in [9.17, 15) is 9.90 Å². The topological polar surface area (TPSA) is 80.8 Å². The van der Waals surface area contributed by atoms with Gasteiger partial charge in [-0.15, -0.1) is 0 Å². The van der Waals surface area contributed by atoms with Gasteiger partial charge >= 0.3 is 5.97 Å². The first-order chi connectivity index (χ1) is 11.1. The van der Waals surface area contributed by atoms with Gasteiger partial charge in [0.05, 0.1) is 0 Å². The molecule has 6 heteroatoms. The van der Waals surface area contributed by atoms with Crippen LogP contribution in [0, 0.1) is 11.8 Å².